The number of unbranched alkanes of at least 4 members (excludes halogenated alkanes) is 13. The van der Waals surface area contributed by atoms with Gasteiger partial charge in [0.2, 0.25) is 0 Å². The number of anilines is 2. The summed E-state index contributed by atoms with van der Waals surface area (Å²) in [6.45, 7) is 2.29. The van der Waals surface area contributed by atoms with Gasteiger partial charge in [0.15, 0.2) is 0 Å². The van der Waals surface area contributed by atoms with Crippen LogP contribution in [0.25, 0.3) is 0 Å². The van der Waals surface area contributed by atoms with Gasteiger partial charge >= 0.3 is 0 Å². The fraction of sp³-hybridized carbons (Fsp3) is 0.586. The molecule has 4 N–H and O–H groups in total. The zero-order valence-electron chi connectivity index (χ0n) is 20.0. The molecule has 0 unspecified atom stereocenters. The summed E-state index contributed by atoms with van der Waals surface area (Å²) in [7, 11) is 0. The summed E-state index contributed by atoms with van der Waals surface area (Å²) in [5.41, 5.74) is 16.2. The summed E-state index contributed by atoms with van der Waals surface area (Å²) in [5, 5.41) is 0. The van der Waals surface area contributed by atoms with Crippen LogP contribution in [0.3, 0.4) is 0 Å². The summed E-state index contributed by atoms with van der Waals surface area (Å²) in [6, 6.07) is 16.8. The van der Waals surface area contributed by atoms with E-state index in [1.807, 2.05) is 24.3 Å². The molecule has 2 rings (SSSR count). The molecule has 0 fully saturated rings. The molecule has 0 saturated heterocycles. The second-order valence-corrected chi connectivity index (χ2v) is 9.27. The molecule has 172 valence electrons. The zero-order valence-corrected chi connectivity index (χ0v) is 20.0. The second kappa shape index (κ2) is 15.8. The topological polar surface area (TPSA) is 52.0 Å². The Morgan fingerprint density at radius 3 is 1.16 bits per heavy atom. The Balaban J connectivity index is 1.60. The molecule has 0 aliphatic heterocycles. The molecule has 2 aromatic carbocycles. The van der Waals surface area contributed by atoms with E-state index in [-0.39, 0.29) is 0 Å². The van der Waals surface area contributed by atoms with Crippen molar-refractivity contribution in [3.05, 3.63) is 59.7 Å². The van der Waals surface area contributed by atoms with Crippen molar-refractivity contribution >= 4 is 11.4 Å². The Hall–Kier alpha value is -1.96. The predicted octanol–water partition coefficient (Wildman–Crippen LogP) is 8.85. The van der Waals surface area contributed by atoms with Crippen LogP contribution in [-0.2, 0) is 0 Å². The van der Waals surface area contributed by atoms with Crippen LogP contribution in [0, 0.1) is 0 Å². The van der Waals surface area contributed by atoms with Gasteiger partial charge in [-0.15, -0.1) is 0 Å². The lowest BCUT2D eigenvalue weighted by Gasteiger charge is -2.18. The first-order valence-corrected chi connectivity index (χ1v) is 12.9. The summed E-state index contributed by atoms with van der Waals surface area (Å²) in [6.07, 6.45) is 20.8. The predicted molar refractivity (Wildman–Crippen MR) is 138 cm³/mol. The van der Waals surface area contributed by atoms with E-state index in [4.69, 9.17) is 11.5 Å². The van der Waals surface area contributed by atoms with E-state index in [0.29, 0.717) is 5.92 Å². The molecular weight excluding hydrogens is 376 g/mol. The molecule has 0 radical (unpaired) electrons. The van der Waals surface area contributed by atoms with E-state index in [9.17, 15) is 0 Å². The third-order valence-corrected chi connectivity index (χ3v) is 6.52. The Labute approximate surface area is 191 Å². The molecule has 31 heavy (non-hydrogen) atoms. The van der Waals surface area contributed by atoms with Gasteiger partial charge in [-0.1, -0.05) is 121 Å². The number of hydrogen-bond acceptors (Lipinski definition) is 2. The van der Waals surface area contributed by atoms with Crippen LogP contribution >= 0.6 is 0 Å². The zero-order chi connectivity index (χ0) is 22.2. The summed E-state index contributed by atoms with van der Waals surface area (Å²) < 4.78 is 0. The standard InChI is InChI=1S/C29H46N2/c1-2-3-4-5-6-7-8-9-10-11-12-13-14-15-16-29(25-17-21-27(30)22-18-25)26-19-23-28(31)24-20-26/h17-24,29H,2-16,30-31H2,1H3. The van der Waals surface area contributed by atoms with Crippen LogP contribution in [0.2, 0.25) is 0 Å². The van der Waals surface area contributed by atoms with Gasteiger partial charge in [0.25, 0.3) is 0 Å². The molecular formula is C29H46N2. The minimum atomic E-state index is 0.429. The maximum absolute atomic E-state index is 5.90. The molecule has 2 heteroatoms. The highest BCUT2D eigenvalue weighted by Crippen LogP contribution is 2.31. The van der Waals surface area contributed by atoms with Crippen LogP contribution in [0.1, 0.15) is 120 Å². The van der Waals surface area contributed by atoms with E-state index in [1.165, 1.54) is 107 Å². The van der Waals surface area contributed by atoms with Crippen molar-refractivity contribution in [1.29, 1.82) is 0 Å². The first-order valence-electron chi connectivity index (χ1n) is 12.9. The molecule has 0 bridgehead atoms. The van der Waals surface area contributed by atoms with E-state index in [2.05, 4.69) is 31.2 Å². The number of benzene rings is 2. The molecule has 0 heterocycles. The highest BCUT2D eigenvalue weighted by molar-refractivity contribution is 5.45. The van der Waals surface area contributed by atoms with E-state index in [0.717, 1.165) is 11.4 Å². The van der Waals surface area contributed by atoms with Crippen molar-refractivity contribution in [3.8, 4) is 0 Å². The lowest BCUT2D eigenvalue weighted by Crippen LogP contribution is -2.02. The molecule has 0 amide bonds. The van der Waals surface area contributed by atoms with Gasteiger partial charge in [0.1, 0.15) is 0 Å². The molecule has 0 spiro atoms. The monoisotopic (exact) mass is 422 g/mol. The number of nitrogen functional groups attached to an aromatic ring is 2. The quantitative estimate of drug-likeness (QED) is 0.197. The minimum Gasteiger partial charge on any atom is -0.399 e. The van der Waals surface area contributed by atoms with Gasteiger partial charge in [-0.2, -0.15) is 0 Å². The summed E-state index contributed by atoms with van der Waals surface area (Å²) >= 11 is 0. The molecule has 2 aromatic rings. The molecule has 0 aliphatic rings. The third kappa shape index (κ3) is 10.8. The maximum Gasteiger partial charge on any atom is 0.0314 e. The molecule has 2 nitrogen and oxygen atoms in total. The summed E-state index contributed by atoms with van der Waals surface area (Å²) in [4.78, 5) is 0. The van der Waals surface area contributed by atoms with Gasteiger partial charge in [-0.3, -0.25) is 0 Å². The van der Waals surface area contributed by atoms with E-state index >= 15 is 0 Å². The highest BCUT2D eigenvalue weighted by atomic mass is 14.5. The fourth-order valence-corrected chi connectivity index (χ4v) is 4.53. The first kappa shape index (κ1) is 25.3. The van der Waals surface area contributed by atoms with Crippen LogP contribution in [0.15, 0.2) is 48.5 Å². The molecule has 0 saturated carbocycles. The fourth-order valence-electron chi connectivity index (χ4n) is 4.53. The molecule has 0 atom stereocenters. The Bertz CT molecular complexity index is 629. The van der Waals surface area contributed by atoms with Gasteiger partial charge < -0.3 is 11.5 Å². The third-order valence-electron chi connectivity index (χ3n) is 6.52. The lowest BCUT2D eigenvalue weighted by molar-refractivity contribution is 0.527. The number of rotatable bonds is 17. The molecule has 0 aromatic heterocycles. The molecule has 0 aliphatic carbocycles. The van der Waals surface area contributed by atoms with E-state index < -0.39 is 0 Å². The van der Waals surface area contributed by atoms with Crippen LogP contribution in [0.4, 0.5) is 11.4 Å². The van der Waals surface area contributed by atoms with Crippen LogP contribution < -0.4 is 11.5 Å². The van der Waals surface area contributed by atoms with Crippen LogP contribution in [-0.4, -0.2) is 0 Å². The van der Waals surface area contributed by atoms with Crippen molar-refractivity contribution in [2.24, 2.45) is 0 Å². The Morgan fingerprint density at radius 2 is 0.806 bits per heavy atom. The minimum absolute atomic E-state index is 0.429. The van der Waals surface area contributed by atoms with Gasteiger partial charge in [0, 0.05) is 17.3 Å². The van der Waals surface area contributed by atoms with Crippen molar-refractivity contribution in [2.75, 3.05) is 11.5 Å². The second-order valence-electron chi connectivity index (χ2n) is 9.27. The average Bonchev–Trinajstić information content (AvgIpc) is 2.78. The van der Waals surface area contributed by atoms with E-state index in [1.54, 1.807) is 0 Å². The SMILES string of the molecule is CCCCCCCCCCCCCCCCC(c1ccc(N)cc1)c1ccc(N)cc1. The highest BCUT2D eigenvalue weighted by Gasteiger charge is 2.14. The first-order chi connectivity index (χ1) is 15.2. The maximum atomic E-state index is 5.90. The number of nitrogens with two attached hydrogens (primary N) is 2. The average molecular weight is 423 g/mol. The van der Waals surface area contributed by atoms with Crippen molar-refractivity contribution in [3.63, 3.8) is 0 Å². The van der Waals surface area contributed by atoms with Gasteiger partial charge in [0.05, 0.1) is 0 Å². The lowest BCUT2D eigenvalue weighted by atomic mass is 9.86. The van der Waals surface area contributed by atoms with Crippen molar-refractivity contribution < 1.29 is 0 Å². The van der Waals surface area contributed by atoms with Gasteiger partial charge in [-0.25, -0.2) is 0 Å². The van der Waals surface area contributed by atoms with Gasteiger partial charge in [-0.05, 0) is 41.8 Å². The number of hydrogen-bond donors (Lipinski definition) is 2. The van der Waals surface area contributed by atoms with Crippen LogP contribution in [0.5, 0.6) is 0 Å². The Kier molecular flexibility index (Phi) is 12.9. The van der Waals surface area contributed by atoms with Crippen molar-refractivity contribution in [2.45, 2.75) is 109 Å². The largest absolute Gasteiger partial charge is 0.399 e. The normalized spacial score (nSPS) is 11.3. The summed E-state index contributed by atoms with van der Waals surface area (Å²) in [5.74, 6) is 0.429. The smallest absolute Gasteiger partial charge is 0.0314 e. The Morgan fingerprint density at radius 1 is 0.484 bits per heavy atom. The van der Waals surface area contributed by atoms with Crippen molar-refractivity contribution in [1.82, 2.24) is 0 Å².